The Morgan fingerprint density at radius 2 is 2.08 bits per heavy atom. The van der Waals surface area contributed by atoms with Gasteiger partial charge < -0.3 is 9.47 Å². The summed E-state index contributed by atoms with van der Waals surface area (Å²) in [6, 6.07) is 5.31. The molecule has 0 aromatic heterocycles. The molecule has 2 rings (SSSR count). The fraction of sp³-hybridized carbons (Fsp3) is 0.500. The first kappa shape index (κ1) is 18.3. The van der Waals surface area contributed by atoms with Crippen LogP contribution in [0, 0.1) is 5.92 Å². The van der Waals surface area contributed by atoms with Crippen LogP contribution in [0.4, 0.5) is 0 Å². The molecule has 1 heterocycles. The van der Waals surface area contributed by atoms with Crippen LogP contribution in [0.2, 0.25) is 0 Å². The van der Waals surface area contributed by atoms with Crippen molar-refractivity contribution in [1.82, 2.24) is 5.43 Å². The molecule has 8 heteroatoms. The van der Waals surface area contributed by atoms with E-state index in [9.17, 15) is 13.2 Å². The lowest BCUT2D eigenvalue weighted by Gasteiger charge is -2.11. The summed E-state index contributed by atoms with van der Waals surface area (Å²) in [5, 5.41) is 4.09. The van der Waals surface area contributed by atoms with Gasteiger partial charge >= 0.3 is 0 Å². The molecule has 24 heavy (non-hydrogen) atoms. The van der Waals surface area contributed by atoms with E-state index in [1.165, 1.54) is 0 Å². The van der Waals surface area contributed by atoms with Crippen molar-refractivity contribution in [1.29, 1.82) is 0 Å². The van der Waals surface area contributed by atoms with Gasteiger partial charge in [-0.25, -0.2) is 13.8 Å². The number of sulfone groups is 1. The van der Waals surface area contributed by atoms with Gasteiger partial charge in [-0.1, -0.05) is 0 Å². The lowest BCUT2D eigenvalue weighted by molar-refractivity contribution is -0.121. The third-order valence-corrected chi connectivity index (χ3v) is 5.78. The Balaban J connectivity index is 2.02. The number of nitrogens with one attached hydrogen (secondary N) is 1. The molecule has 7 nitrogen and oxygen atoms in total. The molecule has 0 aliphatic carbocycles. The average molecular weight is 354 g/mol. The Hall–Kier alpha value is -2.09. The van der Waals surface area contributed by atoms with Crippen molar-refractivity contribution in [2.24, 2.45) is 11.0 Å². The molecule has 1 N–H and O–H groups in total. The second-order valence-corrected chi connectivity index (χ2v) is 8.00. The molecular formula is C16H22N2O5S. The third kappa shape index (κ3) is 4.70. The van der Waals surface area contributed by atoms with Crippen molar-refractivity contribution in [2.75, 3.05) is 25.7 Å². The molecule has 0 saturated carbocycles. The molecule has 1 aromatic carbocycles. The van der Waals surface area contributed by atoms with Gasteiger partial charge in [-0.05, 0) is 37.5 Å². The number of hydrazone groups is 1. The van der Waals surface area contributed by atoms with Crippen LogP contribution in [0.25, 0.3) is 0 Å². The zero-order valence-corrected chi connectivity index (χ0v) is 14.9. The van der Waals surface area contributed by atoms with E-state index in [2.05, 4.69) is 10.5 Å². The highest BCUT2D eigenvalue weighted by molar-refractivity contribution is 7.91. The maximum Gasteiger partial charge on any atom is 0.240 e. The highest BCUT2D eigenvalue weighted by Crippen LogP contribution is 2.24. The molecule has 0 spiro atoms. The Morgan fingerprint density at radius 1 is 1.33 bits per heavy atom. The highest BCUT2D eigenvalue weighted by atomic mass is 32.2. The zero-order chi connectivity index (χ0) is 17.7. The summed E-state index contributed by atoms with van der Waals surface area (Å²) in [6.45, 7) is 1.75. The molecule has 1 saturated heterocycles. The standard InChI is InChI=1S/C16H22N2O5S/c1-11(14-9-13(22-2)4-5-15(14)23-3)17-18-16(19)8-12-6-7-24(20,21)10-12/h4-5,9,12H,6-8,10H2,1-3H3,(H,18,19)/b17-11-/t12-/m0/s1. The fourth-order valence-corrected chi connectivity index (χ4v) is 4.51. The molecule has 1 atom stereocenters. The van der Waals surface area contributed by atoms with Gasteiger partial charge in [-0.3, -0.25) is 4.79 Å². The van der Waals surface area contributed by atoms with Gasteiger partial charge in [0.05, 0.1) is 31.4 Å². The largest absolute Gasteiger partial charge is 0.497 e. The van der Waals surface area contributed by atoms with Gasteiger partial charge in [0.25, 0.3) is 0 Å². The number of hydrogen-bond acceptors (Lipinski definition) is 6. The maximum atomic E-state index is 12.0. The van der Waals surface area contributed by atoms with E-state index >= 15 is 0 Å². The molecular weight excluding hydrogens is 332 g/mol. The molecule has 132 valence electrons. The van der Waals surface area contributed by atoms with Crippen LogP contribution >= 0.6 is 0 Å². The first-order valence-corrected chi connectivity index (χ1v) is 9.42. The second kappa shape index (κ2) is 7.65. The number of amides is 1. The first-order valence-electron chi connectivity index (χ1n) is 7.60. The van der Waals surface area contributed by atoms with Gasteiger partial charge in [0.2, 0.25) is 5.91 Å². The van der Waals surface area contributed by atoms with Crippen molar-refractivity contribution in [3.8, 4) is 11.5 Å². The van der Waals surface area contributed by atoms with E-state index in [-0.39, 0.29) is 29.8 Å². The zero-order valence-electron chi connectivity index (χ0n) is 14.0. The molecule has 1 aromatic rings. The van der Waals surface area contributed by atoms with Crippen LogP contribution in [0.15, 0.2) is 23.3 Å². The average Bonchev–Trinajstić information content (AvgIpc) is 2.90. The van der Waals surface area contributed by atoms with Crippen LogP contribution in [0.1, 0.15) is 25.3 Å². The smallest absolute Gasteiger partial charge is 0.240 e. The van der Waals surface area contributed by atoms with Crippen LogP contribution in [-0.4, -0.2) is 45.8 Å². The van der Waals surface area contributed by atoms with Gasteiger partial charge in [0.15, 0.2) is 9.84 Å². The minimum atomic E-state index is -2.98. The fourth-order valence-electron chi connectivity index (χ4n) is 2.64. The van der Waals surface area contributed by atoms with E-state index in [1.54, 1.807) is 39.3 Å². The topological polar surface area (TPSA) is 94.1 Å². The van der Waals surface area contributed by atoms with E-state index in [4.69, 9.17) is 9.47 Å². The molecule has 1 fully saturated rings. The summed E-state index contributed by atoms with van der Waals surface area (Å²) in [5.74, 6) is 1.09. The number of carbonyl (C=O) groups excluding carboxylic acids is 1. The van der Waals surface area contributed by atoms with Crippen LogP contribution in [0.3, 0.4) is 0 Å². The Morgan fingerprint density at radius 3 is 2.67 bits per heavy atom. The van der Waals surface area contributed by atoms with E-state index in [0.29, 0.717) is 29.2 Å². The van der Waals surface area contributed by atoms with Crippen molar-refractivity contribution in [2.45, 2.75) is 19.8 Å². The summed E-state index contributed by atoms with van der Waals surface area (Å²) in [5.41, 5.74) is 3.76. The monoisotopic (exact) mass is 354 g/mol. The van der Waals surface area contributed by atoms with Gasteiger partial charge in [0, 0.05) is 12.0 Å². The number of carbonyl (C=O) groups is 1. The molecule has 0 radical (unpaired) electrons. The molecule has 1 aliphatic heterocycles. The van der Waals surface area contributed by atoms with Gasteiger partial charge in [-0.2, -0.15) is 5.10 Å². The predicted octanol–water partition coefficient (Wildman–Crippen LogP) is 1.37. The Kier molecular flexibility index (Phi) is 5.82. The summed E-state index contributed by atoms with van der Waals surface area (Å²) < 4.78 is 33.3. The van der Waals surface area contributed by atoms with Crippen molar-refractivity contribution >= 4 is 21.5 Å². The number of ether oxygens (including phenoxy) is 2. The summed E-state index contributed by atoms with van der Waals surface area (Å²) in [6.07, 6.45) is 0.688. The lowest BCUT2D eigenvalue weighted by Crippen LogP contribution is -2.22. The van der Waals surface area contributed by atoms with Crippen LogP contribution in [0.5, 0.6) is 11.5 Å². The van der Waals surface area contributed by atoms with Crippen LogP contribution < -0.4 is 14.9 Å². The number of nitrogens with zero attached hydrogens (tertiary/aromatic N) is 1. The van der Waals surface area contributed by atoms with Crippen LogP contribution in [-0.2, 0) is 14.6 Å². The SMILES string of the molecule is COc1ccc(OC)c(/C(C)=N\NC(=O)C[C@@H]2CCS(=O)(=O)C2)c1. The Labute approximate surface area is 142 Å². The quantitative estimate of drug-likeness (QED) is 0.615. The van der Waals surface area contributed by atoms with Gasteiger partial charge in [0.1, 0.15) is 11.5 Å². The third-order valence-electron chi connectivity index (χ3n) is 3.95. The van der Waals surface area contributed by atoms with Crippen molar-refractivity contribution < 1.29 is 22.7 Å². The molecule has 0 unspecified atom stereocenters. The molecule has 1 amide bonds. The molecule has 1 aliphatic rings. The van der Waals surface area contributed by atoms with Gasteiger partial charge in [-0.15, -0.1) is 0 Å². The highest BCUT2D eigenvalue weighted by Gasteiger charge is 2.29. The number of hydrogen-bond donors (Lipinski definition) is 1. The minimum absolute atomic E-state index is 0.0762. The number of rotatable bonds is 6. The predicted molar refractivity (Wildman–Crippen MR) is 91.3 cm³/mol. The normalized spacial score (nSPS) is 19.8. The van der Waals surface area contributed by atoms with E-state index < -0.39 is 9.84 Å². The summed E-state index contributed by atoms with van der Waals surface area (Å²) in [4.78, 5) is 12.0. The lowest BCUT2D eigenvalue weighted by atomic mass is 10.1. The Bertz CT molecular complexity index is 743. The van der Waals surface area contributed by atoms with E-state index in [0.717, 1.165) is 0 Å². The maximum absolute atomic E-state index is 12.0. The summed E-state index contributed by atoms with van der Waals surface area (Å²) in [7, 11) is 0.140. The first-order chi connectivity index (χ1) is 11.3. The number of benzene rings is 1. The molecule has 0 bridgehead atoms. The van der Waals surface area contributed by atoms with E-state index in [1.807, 2.05) is 0 Å². The minimum Gasteiger partial charge on any atom is -0.497 e. The van der Waals surface area contributed by atoms with Crippen molar-refractivity contribution in [3.05, 3.63) is 23.8 Å². The summed E-state index contributed by atoms with van der Waals surface area (Å²) >= 11 is 0. The second-order valence-electron chi connectivity index (χ2n) is 5.77. The van der Waals surface area contributed by atoms with Crippen molar-refractivity contribution in [3.63, 3.8) is 0 Å². The number of methoxy groups -OCH3 is 2.